The third-order valence-electron chi connectivity index (χ3n) is 4.36. The van der Waals surface area contributed by atoms with Gasteiger partial charge in [-0.25, -0.2) is 5.43 Å². The van der Waals surface area contributed by atoms with Gasteiger partial charge in [0.2, 0.25) is 0 Å². The summed E-state index contributed by atoms with van der Waals surface area (Å²) in [4.78, 5) is 23.9. The number of hydrogen-bond acceptors (Lipinski definition) is 5. The van der Waals surface area contributed by atoms with Crippen LogP contribution in [0.4, 0.5) is 0 Å². The Hall–Kier alpha value is -2.61. The van der Waals surface area contributed by atoms with Crippen LogP contribution in [0.5, 0.6) is 5.75 Å². The van der Waals surface area contributed by atoms with Gasteiger partial charge in [0, 0.05) is 18.2 Å². The lowest BCUT2D eigenvalue weighted by Crippen LogP contribution is -2.35. The standard InChI is InChI=1S/C21H21Cl2N3O4/c22-15-5-8-18(19(23)10-15)21(28)26-25-11-14-3-6-16(7-4-14)30-13-20(27)24-12-17-2-1-9-29-17/h3-8,10-11,17H,1-2,9,12-13H2,(H,24,27)(H,26,28)/b25-11+/t17-/m0/s1. The molecule has 0 radical (unpaired) electrons. The number of ether oxygens (including phenoxy) is 2. The van der Waals surface area contributed by atoms with Gasteiger partial charge in [-0.3, -0.25) is 9.59 Å². The SMILES string of the molecule is O=C(COc1ccc(/C=N/NC(=O)c2ccc(Cl)cc2Cl)cc1)NC[C@@H]1CCCO1. The van der Waals surface area contributed by atoms with E-state index in [-0.39, 0.29) is 29.2 Å². The molecule has 9 heteroatoms. The maximum Gasteiger partial charge on any atom is 0.272 e. The Labute approximate surface area is 184 Å². The monoisotopic (exact) mass is 449 g/mol. The lowest BCUT2D eigenvalue weighted by atomic mass is 10.2. The van der Waals surface area contributed by atoms with Crippen molar-refractivity contribution < 1.29 is 19.1 Å². The van der Waals surface area contributed by atoms with Crippen molar-refractivity contribution in [3.63, 3.8) is 0 Å². The van der Waals surface area contributed by atoms with Gasteiger partial charge in [-0.15, -0.1) is 0 Å². The fourth-order valence-electron chi connectivity index (χ4n) is 2.78. The van der Waals surface area contributed by atoms with E-state index in [1.807, 2.05) is 0 Å². The summed E-state index contributed by atoms with van der Waals surface area (Å²) in [5.74, 6) is -0.0852. The van der Waals surface area contributed by atoms with Crippen LogP contribution in [0.1, 0.15) is 28.8 Å². The Morgan fingerprint density at radius 3 is 2.70 bits per heavy atom. The molecule has 1 saturated heterocycles. The van der Waals surface area contributed by atoms with Crippen molar-refractivity contribution in [2.45, 2.75) is 18.9 Å². The largest absolute Gasteiger partial charge is 0.484 e. The molecule has 1 fully saturated rings. The Morgan fingerprint density at radius 1 is 1.20 bits per heavy atom. The molecule has 3 rings (SSSR count). The maximum atomic E-state index is 12.1. The molecule has 0 spiro atoms. The minimum Gasteiger partial charge on any atom is -0.484 e. The topological polar surface area (TPSA) is 89.0 Å². The summed E-state index contributed by atoms with van der Waals surface area (Å²) in [5, 5.41) is 7.41. The molecular weight excluding hydrogens is 429 g/mol. The summed E-state index contributed by atoms with van der Waals surface area (Å²) in [7, 11) is 0. The van der Waals surface area contributed by atoms with Crippen LogP contribution in [-0.2, 0) is 9.53 Å². The highest BCUT2D eigenvalue weighted by atomic mass is 35.5. The predicted molar refractivity (Wildman–Crippen MR) is 115 cm³/mol. The van der Waals surface area contributed by atoms with E-state index in [1.165, 1.54) is 18.3 Å². The van der Waals surface area contributed by atoms with Crippen LogP contribution in [0, 0.1) is 0 Å². The van der Waals surface area contributed by atoms with E-state index in [4.69, 9.17) is 32.7 Å². The number of carbonyl (C=O) groups excluding carboxylic acids is 2. The molecule has 0 unspecified atom stereocenters. The quantitative estimate of drug-likeness (QED) is 0.477. The summed E-state index contributed by atoms with van der Waals surface area (Å²) < 4.78 is 10.9. The zero-order valence-electron chi connectivity index (χ0n) is 16.1. The van der Waals surface area contributed by atoms with Crippen molar-refractivity contribution in [3.8, 4) is 5.75 Å². The second-order valence-corrected chi connectivity index (χ2v) is 7.46. The van der Waals surface area contributed by atoms with Crippen LogP contribution in [0.25, 0.3) is 0 Å². The van der Waals surface area contributed by atoms with Gasteiger partial charge in [-0.05, 0) is 60.9 Å². The Bertz CT molecular complexity index is 913. The molecule has 2 aromatic rings. The molecule has 1 atom stereocenters. The average Bonchev–Trinajstić information content (AvgIpc) is 3.25. The normalized spacial score (nSPS) is 15.9. The molecular formula is C21H21Cl2N3O4. The van der Waals surface area contributed by atoms with Crippen LogP contribution < -0.4 is 15.5 Å². The molecule has 2 amide bonds. The van der Waals surface area contributed by atoms with E-state index in [1.54, 1.807) is 30.3 Å². The van der Waals surface area contributed by atoms with E-state index >= 15 is 0 Å². The summed E-state index contributed by atoms with van der Waals surface area (Å²) in [6, 6.07) is 11.5. The molecule has 158 valence electrons. The Balaban J connectivity index is 1.42. The number of nitrogens with one attached hydrogen (secondary N) is 2. The minimum absolute atomic E-state index is 0.0714. The van der Waals surface area contributed by atoms with Crippen LogP contribution in [0.3, 0.4) is 0 Å². The maximum absolute atomic E-state index is 12.1. The third kappa shape index (κ3) is 6.73. The Kier molecular flexibility index (Phi) is 8.07. The van der Waals surface area contributed by atoms with Crippen molar-refractivity contribution in [1.29, 1.82) is 0 Å². The molecule has 0 saturated carbocycles. The molecule has 30 heavy (non-hydrogen) atoms. The van der Waals surface area contributed by atoms with Crippen LogP contribution in [0.15, 0.2) is 47.6 Å². The first kappa shape index (κ1) is 22.1. The van der Waals surface area contributed by atoms with Gasteiger partial charge in [-0.1, -0.05) is 23.2 Å². The van der Waals surface area contributed by atoms with Crippen molar-refractivity contribution >= 4 is 41.2 Å². The number of nitrogens with zero attached hydrogens (tertiary/aromatic N) is 1. The van der Waals surface area contributed by atoms with Crippen molar-refractivity contribution in [2.24, 2.45) is 5.10 Å². The van der Waals surface area contributed by atoms with Gasteiger partial charge in [0.25, 0.3) is 11.8 Å². The number of rotatable bonds is 8. The second-order valence-electron chi connectivity index (χ2n) is 6.62. The first-order valence-corrected chi connectivity index (χ1v) is 10.2. The molecule has 1 aliphatic rings. The van der Waals surface area contributed by atoms with Crippen molar-refractivity contribution in [2.75, 3.05) is 19.8 Å². The number of hydrazone groups is 1. The molecule has 2 N–H and O–H groups in total. The van der Waals surface area contributed by atoms with Gasteiger partial charge in [0.15, 0.2) is 6.61 Å². The van der Waals surface area contributed by atoms with Gasteiger partial charge in [0.05, 0.1) is 22.9 Å². The summed E-state index contributed by atoms with van der Waals surface area (Å²) >= 11 is 11.8. The van der Waals surface area contributed by atoms with Gasteiger partial charge in [-0.2, -0.15) is 5.10 Å². The highest BCUT2D eigenvalue weighted by Crippen LogP contribution is 2.20. The number of hydrogen-bond donors (Lipinski definition) is 2. The molecule has 0 aliphatic carbocycles. The predicted octanol–water partition coefficient (Wildman–Crippen LogP) is 3.43. The van der Waals surface area contributed by atoms with Crippen LogP contribution in [-0.4, -0.2) is 43.9 Å². The first-order chi connectivity index (χ1) is 14.5. The smallest absolute Gasteiger partial charge is 0.272 e. The number of benzene rings is 2. The van der Waals surface area contributed by atoms with Gasteiger partial charge < -0.3 is 14.8 Å². The third-order valence-corrected chi connectivity index (χ3v) is 4.90. The Morgan fingerprint density at radius 2 is 2.00 bits per heavy atom. The summed E-state index contributed by atoms with van der Waals surface area (Å²) in [6.07, 6.45) is 3.59. The minimum atomic E-state index is -0.443. The molecule has 2 aromatic carbocycles. The molecule has 1 heterocycles. The average molecular weight is 450 g/mol. The highest BCUT2D eigenvalue weighted by Gasteiger charge is 2.16. The number of halogens is 2. The first-order valence-electron chi connectivity index (χ1n) is 9.41. The number of carbonyl (C=O) groups is 2. The van der Waals surface area contributed by atoms with Crippen LogP contribution in [0.2, 0.25) is 10.0 Å². The fourth-order valence-corrected chi connectivity index (χ4v) is 3.28. The van der Waals surface area contributed by atoms with E-state index in [9.17, 15) is 9.59 Å². The van der Waals surface area contributed by atoms with Crippen LogP contribution >= 0.6 is 23.2 Å². The lowest BCUT2D eigenvalue weighted by Gasteiger charge is -2.11. The van der Waals surface area contributed by atoms with Gasteiger partial charge >= 0.3 is 0 Å². The zero-order chi connectivity index (χ0) is 21.3. The molecule has 1 aliphatic heterocycles. The second kappa shape index (κ2) is 11.0. The van der Waals surface area contributed by atoms with E-state index in [0.29, 0.717) is 17.3 Å². The summed E-state index contributed by atoms with van der Waals surface area (Å²) in [6.45, 7) is 1.19. The van der Waals surface area contributed by atoms with Gasteiger partial charge in [0.1, 0.15) is 5.75 Å². The van der Waals surface area contributed by atoms with Crippen molar-refractivity contribution in [3.05, 3.63) is 63.6 Å². The highest BCUT2D eigenvalue weighted by molar-refractivity contribution is 6.36. The van der Waals surface area contributed by atoms with E-state index < -0.39 is 5.91 Å². The fraction of sp³-hybridized carbons (Fsp3) is 0.286. The number of amides is 2. The molecule has 7 nitrogen and oxygen atoms in total. The van der Waals surface area contributed by atoms with E-state index in [0.717, 1.165) is 25.0 Å². The lowest BCUT2D eigenvalue weighted by molar-refractivity contribution is -0.123. The molecule has 0 bridgehead atoms. The van der Waals surface area contributed by atoms with E-state index in [2.05, 4.69) is 15.8 Å². The van der Waals surface area contributed by atoms with Crippen molar-refractivity contribution in [1.82, 2.24) is 10.7 Å². The summed E-state index contributed by atoms with van der Waals surface area (Å²) in [5.41, 5.74) is 3.43. The zero-order valence-corrected chi connectivity index (χ0v) is 17.6. The molecule has 0 aromatic heterocycles.